The van der Waals surface area contributed by atoms with E-state index in [1.165, 1.54) is 0 Å². The summed E-state index contributed by atoms with van der Waals surface area (Å²) < 4.78 is 11.3. The Balaban J connectivity index is 2.28. The molecule has 2 amide bonds. The molecule has 0 unspecified atom stereocenters. The van der Waals surface area contributed by atoms with Crippen LogP contribution in [0, 0.1) is 5.41 Å². The van der Waals surface area contributed by atoms with Gasteiger partial charge >= 0.3 is 12.0 Å². The number of benzene rings is 1. The molecule has 0 saturated carbocycles. The molecule has 1 aromatic rings. The minimum atomic E-state index is -0.571. The highest BCUT2D eigenvalue weighted by atomic mass is 16.5. The summed E-state index contributed by atoms with van der Waals surface area (Å²) in [6.07, 6.45) is 0.657. The summed E-state index contributed by atoms with van der Waals surface area (Å²) in [6, 6.07) is 6.48. The molecule has 0 spiro atoms. The first-order chi connectivity index (χ1) is 12.6. The van der Waals surface area contributed by atoms with Gasteiger partial charge in [0.1, 0.15) is 11.9 Å². The van der Waals surface area contributed by atoms with Crippen LogP contribution in [0.15, 0.2) is 35.5 Å². The molecule has 148 valence electrons. The lowest BCUT2D eigenvalue weighted by atomic mass is 9.90. The average Bonchev–Trinajstić information content (AvgIpc) is 2.58. The number of carbonyl (C=O) groups excluding carboxylic acids is 2. The number of esters is 1. The fraction of sp³-hybridized carbons (Fsp3) is 0.524. The summed E-state index contributed by atoms with van der Waals surface area (Å²) in [7, 11) is 0. The van der Waals surface area contributed by atoms with Crippen molar-refractivity contribution in [3.63, 3.8) is 0 Å². The summed E-state index contributed by atoms with van der Waals surface area (Å²) in [5.74, 6) is 0.325. The van der Waals surface area contributed by atoms with Crippen molar-refractivity contribution in [2.24, 2.45) is 5.41 Å². The molecule has 1 aliphatic rings. The number of carbonyl (C=O) groups is 2. The summed E-state index contributed by atoms with van der Waals surface area (Å²) in [6.45, 7) is 12.3. The molecule has 0 fully saturated rings. The molecule has 0 aromatic heterocycles. The Morgan fingerprint density at radius 1 is 1.22 bits per heavy atom. The van der Waals surface area contributed by atoms with Gasteiger partial charge in [-0.3, -0.25) is 0 Å². The van der Waals surface area contributed by atoms with Gasteiger partial charge in [-0.15, -0.1) is 0 Å². The molecule has 2 rings (SSSR count). The Morgan fingerprint density at radius 2 is 1.85 bits per heavy atom. The summed E-state index contributed by atoms with van der Waals surface area (Å²) >= 11 is 0. The van der Waals surface area contributed by atoms with Crippen LogP contribution in [0.1, 0.15) is 59.6 Å². The fourth-order valence-electron chi connectivity index (χ4n) is 2.59. The van der Waals surface area contributed by atoms with Gasteiger partial charge in [-0.25, -0.2) is 9.59 Å². The molecular formula is C21H30N2O4. The molecule has 0 bridgehead atoms. The van der Waals surface area contributed by atoms with Crippen molar-refractivity contribution < 1.29 is 19.1 Å². The monoisotopic (exact) mass is 374 g/mol. The molecule has 2 N–H and O–H groups in total. The maximum atomic E-state index is 12.9. The zero-order valence-electron chi connectivity index (χ0n) is 17.0. The summed E-state index contributed by atoms with van der Waals surface area (Å²) in [4.78, 5) is 24.9. The number of urea groups is 1. The molecule has 27 heavy (non-hydrogen) atoms. The number of rotatable bonds is 6. The highest BCUT2D eigenvalue weighted by Crippen LogP contribution is 2.31. The highest BCUT2D eigenvalue weighted by molar-refractivity contribution is 5.95. The van der Waals surface area contributed by atoms with E-state index >= 15 is 0 Å². The summed E-state index contributed by atoms with van der Waals surface area (Å²) in [5.41, 5.74) is 1.53. The molecule has 0 saturated heterocycles. The fourth-order valence-corrected chi connectivity index (χ4v) is 2.59. The van der Waals surface area contributed by atoms with E-state index in [0.29, 0.717) is 17.9 Å². The normalized spacial score (nSPS) is 18.4. The Morgan fingerprint density at radius 3 is 2.41 bits per heavy atom. The van der Waals surface area contributed by atoms with E-state index in [1.54, 1.807) is 6.92 Å². The molecule has 1 heterocycles. The lowest BCUT2D eigenvalue weighted by molar-refractivity contribution is -0.149. The Hall–Kier alpha value is -2.50. The second kappa shape index (κ2) is 8.46. The number of hydrogen-bond donors (Lipinski definition) is 2. The van der Waals surface area contributed by atoms with Crippen molar-refractivity contribution >= 4 is 12.0 Å². The lowest BCUT2D eigenvalue weighted by Crippen LogP contribution is -2.46. The molecule has 1 aliphatic heterocycles. The van der Waals surface area contributed by atoms with Gasteiger partial charge in [0.05, 0.1) is 18.2 Å². The maximum absolute atomic E-state index is 12.9. The first-order valence-electron chi connectivity index (χ1n) is 9.35. The van der Waals surface area contributed by atoms with E-state index in [9.17, 15) is 9.59 Å². The van der Waals surface area contributed by atoms with Crippen LogP contribution in [-0.4, -0.2) is 24.7 Å². The van der Waals surface area contributed by atoms with Crippen LogP contribution in [0.25, 0.3) is 0 Å². The second-order valence-corrected chi connectivity index (χ2v) is 7.90. The minimum absolute atomic E-state index is 0.177. The Bertz CT molecular complexity index is 717. The van der Waals surface area contributed by atoms with Gasteiger partial charge in [-0.2, -0.15) is 0 Å². The molecular weight excluding hydrogens is 344 g/mol. The smallest absolute Gasteiger partial charge is 0.338 e. The molecule has 6 heteroatoms. The molecule has 0 radical (unpaired) electrons. The van der Waals surface area contributed by atoms with Crippen LogP contribution in [0.5, 0.6) is 5.75 Å². The van der Waals surface area contributed by atoms with Crippen LogP contribution >= 0.6 is 0 Å². The van der Waals surface area contributed by atoms with Crippen molar-refractivity contribution in [1.82, 2.24) is 10.6 Å². The van der Waals surface area contributed by atoms with E-state index in [2.05, 4.69) is 10.6 Å². The van der Waals surface area contributed by atoms with Crippen LogP contribution in [-0.2, 0) is 9.53 Å². The third-order valence-electron chi connectivity index (χ3n) is 4.68. The SMILES string of the molecule is CCCOc1ccc([C@@H]2NC(=O)NC(C)=C2C(=O)O[C@H](C)C(C)(C)C)cc1. The zero-order chi connectivity index (χ0) is 20.2. The first kappa shape index (κ1) is 20.8. The number of nitrogens with one attached hydrogen (secondary N) is 2. The first-order valence-corrected chi connectivity index (χ1v) is 9.35. The number of allylic oxidation sites excluding steroid dienone is 1. The van der Waals surface area contributed by atoms with Crippen molar-refractivity contribution in [3.05, 3.63) is 41.1 Å². The van der Waals surface area contributed by atoms with Crippen LogP contribution in [0.2, 0.25) is 0 Å². The Labute approximate surface area is 161 Å². The minimum Gasteiger partial charge on any atom is -0.494 e. The molecule has 0 aliphatic carbocycles. The zero-order valence-corrected chi connectivity index (χ0v) is 17.0. The number of amides is 2. The summed E-state index contributed by atoms with van der Waals surface area (Å²) in [5, 5.41) is 5.48. The van der Waals surface area contributed by atoms with Gasteiger partial charge in [0.25, 0.3) is 0 Å². The van der Waals surface area contributed by atoms with Crippen molar-refractivity contribution in [2.45, 2.75) is 60.1 Å². The Kier molecular flexibility index (Phi) is 6.52. The second-order valence-electron chi connectivity index (χ2n) is 7.90. The predicted octanol–water partition coefficient (Wildman–Crippen LogP) is 4.08. The van der Waals surface area contributed by atoms with E-state index < -0.39 is 12.0 Å². The largest absolute Gasteiger partial charge is 0.494 e. The van der Waals surface area contributed by atoms with Crippen LogP contribution < -0.4 is 15.4 Å². The quantitative estimate of drug-likeness (QED) is 0.736. The third kappa shape index (κ3) is 5.25. The van der Waals surface area contributed by atoms with E-state index in [-0.39, 0.29) is 17.6 Å². The molecule has 2 atom stereocenters. The van der Waals surface area contributed by atoms with E-state index in [4.69, 9.17) is 9.47 Å². The van der Waals surface area contributed by atoms with Gasteiger partial charge in [-0.05, 0) is 43.4 Å². The standard InChI is InChI=1S/C21H30N2O4/c1-7-12-26-16-10-8-15(9-11-16)18-17(13(2)22-20(25)23-18)19(24)27-14(3)21(4,5)6/h8-11,14,18H,7,12H2,1-6H3,(H2,22,23,25)/t14-,18+/m1/s1. The number of ether oxygens (including phenoxy) is 2. The van der Waals surface area contributed by atoms with E-state index in [1.807, 2.05) is 58.9 Å². The maximum Gasteiger partial charge on any atom is 0.338 e. The van der Waals surface area contributed by atoms with Gasteiger partial charge in [0.2, 0.25) is 0 Å². The number of hydrogen-bond acceptors (Lipinski definition) is 4. The molecule has 1 aromatic carbocycles. The van der Waals surface area contributed by atoms with Crippen LogP contribution in [0.3, 0.4) is 0 Å². The van der Waals surface area contributed by atoms with Gasteiger partial charge in [-0.1, -0.05) is 39.8 Å². The van der Waals surface area contributed by atoms with Gasteiger partial charge in [0, 0.05) is 5.70 Å². The van der Waals surface area contributed by atoms with E-state index in [0.717, 1.165) is 17.7 Å². The lowest BCUT2D eigenvalue weighted by Gasteiger charge is -2.31. The van der Waals surface area contributed by atoms with Gasteiger partial charge in [0.15, 0.2) is 0 Å². The van der Waals surface area contributed by atoms with Crippen LogP contribution in [0.4, 0.5) is 4.79 Å². The average molecular weight is 374 g/mol. The highest BCUT2D eigenvalue weighted by Gasteiger charge is 2.34. The van der Waals surface area contributed by atoms with Crippen molar-refractivity contribution in [2.75, 3.05) is 6.61 Å². The molecule has 6 nitrogen and oxygen atoms in total. The topological polar surface area (TPSA) is 76.7 Å². The third-order valence-corrected chi connectivity index (χ3v) is 4.68. The van der Waals surface area contributed by atoms with Gasteiger partial charge < -0.3 is 20.1 Å². The predicted molar refractivity (Wildman–Crippen MR) is 104 cm³/mol. The van der Waals surface area contributed by atoms with Crippen molar-refractivity contribution in [1.29, 1.82) is 0 Å². The van der Waals surface area contributed by atoms with Crippen molar-refractivity contribution in [3.8, 4) is 5.75 Å².